The molecule has 36 heavy (non-hydrogen) atoms. The Bertz CT molecular complexity index is 1280. The average molecular weight is 517 g/mol. The molecule has 0 spiro atoms. The van der Waals surface area contributed by atoms with Crippen LogP contribution in [0.1, 0.15) is 19.3 Å². The highest BCUT2D eigenvalue weighted by molar-refractivity contribution is 6.30. The molecule has 0 saturated carbocycles. The summed E-state index contributed by atoms with van der Waals surface area (Å²) in [5.41, 5.74) is 0.596. The number of piperazine rings is 1. The summed E-state index contributed by atoms with van der Waals surface area (Å²) in [4.78, 5) is 25.8. The van der Waals surface area contributed by atoms with Gasteiger partial charge in [0.2, 0.25) is 11.9 Å². The first-order chi connectivity index (χ1) is 17.4. The molecule has 2 aliphatic rings. The summed E-state index contributed by atoms with van der Waals surface area (Å²) in [6.07, 6.45) is 2.65. The Morgan fingerprint density at radius 3 is 2.67 bits per heavy atom. The van der Waals surface area contributed by atoms with Gasteiger partial charge in [0.05, 0.1) is 18.3 Å². The monoisotopic (exact) mass is 516 g/mol. The standard InChI is InChI=1S/C25H27ClF2N6O2/c1-36-22-14-21-17(13-19(22)28)24(30-20-5-4-15(26)11-18(20)27)32-25(31-21)34-9-7-33(8-10-34)23(35)12-16-3-2-6-29-16/h4-5,11,13-14,16,29H,2-3,6-10,12H2,1H3,(H,30,31,32). The Kier molecular flexibility index (Phi) is 7.06. The highest BCUT2D eigenvalue weighted by Gasteiger charge is 2.26. The molecule has 1 aromatic heterocycles. The van der Waals surface area contributed by atoms with Crippen LogP contribution in [0.15, 0.2) is 30.3 Å². The smallest absolute Gasteiger partial charge is 0.228 e. The predicted octanol–water partition coefficient (Wildman–Crippen LogP) is 4.10. The zero-order chi connectivity index (χ0) is 25.2. The molecule has 1 unspecified atom stereocenters. The van der Waals surface area contributed by atoms with E-state index in [4.69, 9.17) is 16.3 Å². The molecule has 1 amide bonds. The molecule has 11 heteroatoms. The topological polar surface area (TPSA) is 82.6 Å². The molecular formula is C25H27ClF2N6O2. The summed E-state index contributed by atoms with van der Waals surface area (Å²) in [6.45, 7) is 3.16. The van der Waals surface area contributed by atoms with E-state index < -0.39 is 11.6 Å². The van der Waals surface area contributed by atoms with Gasteiger partial charge < -0.3 is 25.2 Å². The molecule has 2 aliphatic heterocycles. The van der Waals surface area contributed by atoms with E-state index in [1.165, 1.54) is 31.4 Å². The molecular weight excluding hydrogens is 490 g/mol. The Morgan fingerprint density at radius 2 is 1.97 bits per heavy atom. The maximum absolute atomic E-state index is 14.5. The number of ether oxygens (including phenoxy) is 1. The minimum atomic E-state index is -0.579. The number of methoxy groups -OCH3 is 1. The van der Waals surface area contributed by atoms with Gasteiger partial charge in [-0.1, -0.05) is 11.6 Å². The highest BCUT2D eigenvalue weighted by atomic mass is 35.5. The maximum Gasteiger partial charge on any atom is 0.228 e. The number of benzene rings is 2. The van der Waals surface area contributed by atoms with Crippen molar-refractivity contribution in [3.63, 3.8) is 0 Å². The van der Waals surface area contributed by atoms with E-state index in [1.807, 2.05) is 9.80 Å². The van der Waals surface area contributed by atoms with Crippen LogP contribution in [0.3, 0.4) is 0 Å². The highest BCUT2D eigenvalue weighted by Crippen LogP contribution is 2.32. The molecule has 1 atom stereocenters. The number of hydrogen-bond donors (Lipinski definition) is 2. The lowest BCUT2D eigenvalue weighted by molar-refractivity contribution is -0.131. The van der Waals surface area contributed by atoms with Gasteiger partial charge in [-0.15, -0.1) is 0 Å². The summed E-state index contributed by atoms with van der Waals surface area (Å²) in [6, 6.07) is 7.26. The van der Waals surface area contributed by atoms with E-state index in [-0.39, 0.29) is 34.2 Å². The van der Waals surface area contributed by atoms with Crippen LogP contribution in [0.5, 0.6) is 5.75 Å². The van der Waals surface area contributed by atoms with Crippen molar-refractivity contribution < 1.29 is 18.3 Å². The normalized spacial score (nSPS) is 18.1. The number of hydrogen-bond acceptors (Lipinski definition) is 7. The van der Waals surface area contributed by atoms with Gasteiger partial charge in [0.1, 0.15) is 11.6 Å². The number of aromatic nitrogens is 2. The number of amides is 1. The van der Waals surface area contributed by atoms with Crippen LogP contribution in [0.4, 0.5) is 26.2 Å². The zero-order valence-electron chi connectivity index (χ0n) is 19.9. The summed E-state index contributed by atoms with van der Waals surface area (Å²) in [5.74, 6) is -0.291. The summed E-state index contributed by atoms with van der Waals surface area (Å²) >= 11 is 5.88. The predicted molar refractivity (Wildman–Crippen MR) is 135 cm³/mol. The second kappa shape index (κ2) is 10.4. The first kappa shape index (κ1) is 24.5. The molecule has 2 N–H and O–H groups in total. The molecule has 2 saturated heterocycles. The minimum absolute atomic E-state index is 0.0479. The first-order valence-electron chi connectivity index (χ1n) is 11.9. The molecule has 190 valence electrons. The number of halogens is 3. The lowest BCUT2D eigenvalue weighted by Gasteiger charge is -2.35. The van der Waals surface area contributed by atoms with Crippen molar-refractivity contribution in [1.29, 1.82) is 0 Å². The van der Waals surface area contributed by atoms with Crippen LogP contribution < -0.4 is 20.3 Å². The molecule has 2 fully saturated rings. The third-order valence-corrected chi connectivity index (χ3v) is 6.88. The van der Waals surface area contributed by atoms with E-state index in [9.17, 15) is 13.6 Å². The van der Waals surface area contributed by atoms with Crippen molar-refractivity contribution in [3.8, 4) is 5.75 Å². The zero-order valence-corrected chi connectivity index (χ0v) is 20.6. The van der Waals surface area contributed by atoms with E-state index >= 15 is 0 Å². The second-order valence-corrected chi connectivity index (χ2v) is 9.43. The Balaban J connectivity index is 1.41. The number of nitrogens with zero attached hydrogens (tertiary/aromatic N) is 4. The number of carbonyl (C=O) groups excluding carboxylic acids is 1. The largest absolute Gasteiger partial charge is 0.494 e. The lowest BCUT2D eigenvalue weighted by atomic mass is 10.1. The Morgan fingerprint density at radius 1 is 1.17 bits per heavy atom. The Hall–Kier alpha value is -3.24. The van der Waals surface area contributed by atoms with Gasteiger partial charge in [0, 0.05) is 55.1 Å². The Labute approximate surface area is 212 Å². The van der Waals surface area contributed by atoms with Crippen molar-refractivity contribution in [3.05, 3.63) is 47.0 Å². The molecule has 2 aromatic carbocycles. The van der Waals surface area contributed by atoms with Crippen molar-refractivity contribution in [2.24, 2.45) is 0 Å². The van der Waals surface area contributed by atoms with Crippen LogP contribution in [-0.4, -0.2) is 66.7 Å². The number of carbonyl (C=O) groups is 1. The van der Waals surface area contributed by atoms with Gasteiger partial charge >= 0.3 is 0 Å². The van der Waals surface area contributed by atoms with Gasteiger partial charge in [-0.3, -0.25) is 4.79 Å². The summed E-state index contributed by atoms with van der Waals surface area (Å²) in [7, 11) is 1.38. The average Bonchev–Trinajstić information content (AvgIpc) is 3.38. The lowest BCUT2D eigenvalue weighted by Crippen LogP contribution is -2.50. The molecule has 0 bridgehead atoms. The number of anilines is 3. The van der Waals surface area contributed by atoms with Crippen molar-refractivity contribution >= 4 is 45.9 Å². The summed E-state index contributed by atoms with van der Waals surface area (Å²) in [5, 5.41) is 6.97. The third-order valence-electron chi connectivity index (χ3n) is 6.64. The van der Waals surface area contributed by atoms with Gasteiger partial charge in [0.25, 0.3) is 0 Å². The molecule has 3 aromatic rings. The fourth-order valence-electron chi connectivity index (χ4n) is 4.66. The van der Waals surface area contributed by atoms with Crippen LogP contribution in [-0.2, 0) is 4.79 Å². The molecule has 0 aliphatic carbocycles. The van der Waals surface area contributed by atoms with E-state index in [0.29, 0.717) is 49.5 Å². The van der Waals surface area contributed by atoms with E-state index in [2.05, 4.69) is 20.6 Å². The first-order valence-corrected chi connectivity index (χ1v) is 12.3. The van der Waals surface area contributed by atoms with Gasteiger partial charge in [-0.25, -0.2) is 13.8 Å². The van der Waals surface area contributed by atoms with Crippen LogP contribution in [0, 0.1) is 11.6 Å². The number of nitrogens with one attached hydrogen (secondary N) is 2. The SMILES string of the molecule is COc1cc2nc(N3CCN(C(=O)CC4CCCN4)CC3)nc(Nc3ccc(Cl)cc3F)c2cc1F. The van der Waals surface area contributed by atoms with E-state index in [1.54, 1.807) is 6.07 Å². The molecule has 5 rings (SSSR count). The van der Waals surface area contributed by atoms with Gasteiger partial charge in [0.15, 0.2) is 11.6 Å². The molecule has 3 heterocycles. The molecule has 0 radical (unpaired) electrons. The quantitative estimate of drug-likeness (QED) is 0.510. The number of rotatable bonds is 6. The van der Waals surface area contributed by atoms with Crippen LogP contribution in [0.2, 0.25) is 5.02 Å². The van der Waals surface area contributed by atoms with Crippen LogP contribution >= 0.6 is 11.6 Å². The fourth-order valence-corrected chi connectivity index (χ4v) is 4.81. The third kappa shape index (κ3) is 5.15. The fraction of sp³-hybridized carbons (Fsp3) is 0.400. The minimum Gasteiger partial charge on any atom is -0.494 e. The van der Waals surface area contributed by atoms with Crippen molar-refractivity contribution in [1.82, 2.24) is 20.2 Å². The van der Waals surface area contributed by atoms with Gasteiger partial charge in [-0.2, -0.15) is 4.98 Å². The maximum atomic E-state index is 14.5. The second-order valence-electron chi connectivity index (χ2n) is 8.99. The van der Waals surface area contributed by atoms with Crippen LogP contribution in [0.25, 0.3) is 10.9 Å². The molecule has 8 nitrogen and oxygen atoms in total. The van der Waals surface area contributed by atoms with E-state index in [0.717, 1.165) is 19.4 Å². The van der Waals surface area contributed by atoms with Crippen molar-refractivity contribution in [2.45, 2.75) is 25.3 Å². The van der Waals surface area contributed by atoms with Crippen molar-refractivity contribution in [2.75, 3.05) is 50.1 Å². The number of fused-ring (bicyclic) bond motifs is 1. The summed E-state index contributed by atoms with van der Waals surface area (Å²) < 4.78 is 34.2. The van der Waals surface area contributed by atoms with Gasteiger partial charge in [-0.05, 0) is 43.7 Å².